The Balaban J connectivity index is 3.35. The molecule has 0 bridgehead atoms. The van der Waals surface area contributed by atoms with Crippen molar-refractivity contribution < 1.29 is 13.6 Å². The van der Waals surface area contributed by atoms with Crippen LogP contribution < -0.4 is 5.32 Å². The third-order valence-electron chi connectivity index (χ3n) is 2.46. The van der Waals surface area contributed by atoms with Gasteiger partial charge in [0.1, 0.15) is 0 Å². The van der Waals surface area contributed by atoms with Gasteiger partial charge in [0, 0.05) is 29.8 Å². The van der Waals surface area contributed by atoms with Gasteiger partial charge in [0.2, 0.25) is 0 Å². The summed E-state index contributed by atoms with van der Waals surface area (Å²) in [6, 6.07) is 3.80. The lowest BCUT2D eigenvalue weighted by Crippen LogP contribution is -2.23. The van der Waals surface area contributed by atoms with Crippen molar-refractivity contribution in [1.82, 2.24) is 5.32 Å². The Kier molecular flexibility index (Phi) is 4.22. The SMILES string of the molecule is CN/C=C(/C(=O)C(C)(C)C)c1cccc(F)c1F. The summed E-state index contributed by atoms with van der Waals surface area (Å²) in [5.41, 5.74) is -0.548. The van der Waals surface area contributed by atoms with Crippen molar-refractivity contribution in [3.63, 3.8) is 0 Å². The van der Waals surface area contributed by atoms with Gasteiger partial charge < -0.3 is 5.32 Å². The lowest BCUT2D eigenvalue weighted by Gasteiger charge is -2.19. The third kappa shape index (κ3) is 2.94. The smallest absolute Gasteiger partial charge is 0.170 e. The minimum Gasteiger partial charge on any atom is -0.393 e. The van der Waals surface area contributed by atoms with Gasteiger partial charge in [-0.1, -0.05) is 32.9 Å². The Morgan fingerprint density at radius 2 is 1.89 bits per heavy atom. The number of rotatable bonds is 3. The Hall–Kier alpha value is -1.71. The Labute approximate surface area is 106 Å². The van der Waals surface area contributed by atoms with Gasteiger partial charge in [-0.15, -0.1) is 0 Å². The fourth-order valence-corrected chi connectivity index (χ4v) is 1.53. The average molecular weight is 253 g/mol. The number of Topliss-reactive ketones (excluding diaryl/α,β-unsaturated/α-hetero) is 1. The highest BCUT2D eigenvalue weighted by atomic mass is 19.2. The molecule has 1 aromatic carbocycles. The summed E-state index contributed by atoms with van der Waals surface area (Å²) in [7, 11) is 1.60. The molecule has 0 aliphatic heterocycles. The highest BCUT2D eigenvalue weighted by molar-refractivity contribution is 6.22. The van der Waals surface area contributed by atoms with E-state index >= 15 is 0 Å². The molecule has 18 heavy (non-hydrogen) atoms. The van der Waals surface area contributed by atoms with E-state index in [-0.39, 0.29) is 16.9 Å². The summed E-state index contributed by atoms with van der Waals surface area (Å²) in [4.78, 5) is 12.2. The maximum atomic E-state index is 13.7. The first-order valence-corrected chi connectivity index (χ1v) is 5.65. The zero-order valence-corrected chi connectivity index (χ0v) is 11.0. The summed E-state index contributed by atoms with van der Waals surface area (Å²) in [6.45, 7) is 5.20. The van der Waals surface area contributed by atoms with Crippen LogP contribution in [0.5, 0.6) is 0 Å². The number of allylic oxidation sites excluding steroid dienone is 1. The summed E-state index contributed by atoms with van der Waals surface area (Å²) in [5, 5.41) is 2.69. The molecule has 0 saturated carbocycles. The number of nitrogens with one attached hydrogen (secondary N) is 1. The summed E-state index contributed by atoms with van der Waals surface area (Å²) < 4.78 is 26.9. The van der Waals surface area contributed by atoms with E-state index in [1.54, 1.807) is 27.8 Å². The molecule has 0 heterocycles. The van der Waals surface area contributed by atoms with E-state index in [9.17, 15) is 13.6 Å². The molecule has 4 heteroatoms. The molecule has 2 nitrogen and oxygen atoms in total. The largest absolute Gasteiger partial charge is 0.393 e. The first kappa shape index (κ1) is 14.4. The summed E-state index contributed by atoms with van der Waals surface area (Å²) >= 11 is 0. The zero-order valence-electron chi connectivity index (χ0n) is 11.0. The molecule has 0 unspecified atom stereocenters. The Morgan fingerprint density at radius 3 is 2.39 bits per heavy atom. The van der Waals surface area contributed by atoms with Crippen molar-refractivity contribution >= 4 is 11.4 Å². The van der Waals surface area contributed by atoms with Gasteiger partial charge in [0.05, 0.1) is 0 Å². The zero-order chi connectivity index (χ0) is 13.9. The van der Waals surface area contributed by atoms with Crippen molar-refractivity contribution in [1.29, 1.82) is 0 Å². The highest BCUT2D eigenvalue weighted by Crippen LogP contribution is 2.28. The molecule has 1 aromatic rings. The molecule has 1 rings (SSSR count). The maximum absolute atomic E-state index is 13.7. The van der Waals surface area contributed by atoms with Crippen molar-refractivity contribution in [2.24, 2.45) is 5.41 Å². The third-order valence-corrected chi connectivity index (χ3v) is 2.46. The van der Waals surface area contributed by atoms with Crippen LogP contribution in [0.1, 0.15) is 26.3 Å². The van der Waals surface area contributed by atoms with Crippen LogP contribution in [0.4, 0.5) is 8.78 Å². The highest BCUT2D eigenvalue weighted by Gasteiger charge is 2.27. The predicted octanol–water partition coefficient (Wildman–Crippen LogP) is 3.14. The maximum Gasteiger partial charge on any atom is 0.170 e. The molecule has 0 spiro atoms. The van der Waals surface area contributed by atoms with Gasteiger partial charge in [0.15, 0.2) is 17.4 Å². The molecule has 0 aromatic heterocycles. The molecular weight excluding hydrogens is 236 g/mol. The standard InChI is InChI=1S/C14H17F2NO/c1-14(2,3)13(18)10(8-17-4)9-6-5-7-11(15)12(9)16/h5-8,17H,1-4H3/b10-8+. The number of carbonyl (C=O) groups is 1. The van der Waals surface area contributed by atoms with Crippen LogP contribution in [0.2, 0.25) is 0 Å². The van der Waals surface area contributed by atoms with Gasteiger partial charge >= 0.3 is 0 Å². The van der Waals surface area contributed by atoms with Gasteiger partial charge in [0.25, 0.3) is 0 Å². The van der Waals surface area contributed by atoms with E-state index in [0.29, 0.717) is 0 Å². The Bertz CT molecular complexity index is 487. The molecule has 0 atom stereocenters. The molecule has 0 aliphatic carbocycles. The quantitative estimate of drug-likeness (QED) is 0.838. The second-order valence-corrected chi connectivity index (χ2v) is 5.03. The van der Waals surface area contributed by atoms with Crippen LogP contribution in [-0.2, 0) is 4.79 Å². The molecular formula is C14H17F2NO. The number of carbonyl (C=O) groups excluding carboxylic acids is 1. The van der Waals surface area contributed by atoms with E-state index in [0.717, 1.165) is 6.07 Å². The number of hydrogen-bond donors (Lipinski definition) is 1. The average Bonchev–Trinajstić information content (AvgIpc) is 2.28. The minimum absolute atomic E-state index is 0.0238. The molecule has 98 valence electrons. The van der Waals surface area contributed by atoms with E-state index in [2.05, 4.69) is 5.32 Å². The molecule has 0 fully saturated rings. The fourth-order valence-electron chi connectivity index (χ4n) is 1.53. The van der Waals surface area contributed by atoms with Crippen molar-refractivity contribution in [3.8, 4) is 0 Å². The number of hydrogen-bond acceptors (Lipinski definition) is 2. The van der Waals surface area contributed by atoms with Crippen LogP contribution in [0, 0.1) is 17.0 Å². The summed E-state index contributed by atoms with van der Waals surface area (Å²) in [5.74, 6) is -2.21. The molecule has 1 N–H and O–H groups in total. The number of ketones is 1. The van der Waals surface area contributed by atoms with Crippen LogP contribution in [0.15, 0.2) is 24.4 Å². The molecule has 0 amide bonds. The number of halogens is 2. The molecule has 0 radical (unpaired) electrons. The van der Waals surface area contributed by atoms with Gasteiger partial charge in [-0.2, -0.15) is 0 Å². The second-order valence-electron chi connectivity index (χ2n) is 5.03. The van der Waals surface area contributed by atoms with Gasteiger partial charge in [-0.05, 0) is 6.07 Å². The van der Waals surface area contributed by atoms with E-state index in [1.165, 1.54) is 18.3 Å². The lowest BCUT2D eigenvalue weighted by atomic mass is 9.84. The first-order valence-electron chi connectivity index (χ1n) is 5.65. The summed E-state index contributed by atoms with van der Waals surface area (Å²) in [6.07, 6.45) is 1.39. The van der Waals surface area contributed by atoms with Crippen LogP contribution in [-0.4, -0.2) is 12.8 Å². The molecule has 0 aliphatic rings. The van der Waals surface area contributed by atoms with E-state index in [4.69, 9.17) is 0 Å². The van der Waals surface area contributed by atoms with Crippen LogP contribution in [0.25, 0.3) is 5.57 Å². The van der Waals surface area contributed by atoms with Crippen LogP contribution in [0.3, 0.4) is 0 Å². The topological polar surface area (TPSA) is 29.1 Å². The number of benzene rings is 1. The normalized spacial score (nSPS) is 12.4. The predicted molar refractivity (Wildman–Crippen MR) is 67.9 cm³/mol. The molecule has 0 saturated heterocycles. The van der Waals surface area contributed by atoms with E-state index < -0.39 is 17.0 Å². The monoisotopic (exact) mass is 253 g/mol. The fraction of sp³-hybridized carbons (Fsp3) is 0.357. The van der Waals surface area contributed by atoms with Crippen LogP contribution >= 0.6 is 0 Å². The lowest BCUT2D eigenvalue weighted by molar-refractivity contribution is -0.120. The van der Waals surface area contributed by atoms with E-state index in [1.807, 2.05) is 0 Å². The van der Waals surface area contributed by atoms with Gasteiger partial charge in [-0.25, -0.2) is 8.78 Å². The minimum atomic E-state index is -1.00. The van der Waals surface area contributed by atoms with Crippen molar-refractivity contribution in [3.05, 3.63) is 41.6 Å². The Morgan fingerprint density at radius 1 is 1.28 bits per heavy atom. The van der Waals surface area contributed by atoms with Crippen molar-refractivity contribution in [2.45, 2.75) is 20.8 Å². The second kappa shape index (κ2) is 5.29. The van der Waals surface area contributed by atoms with Crippen molar-refractivity contribution in [2.75, 3.05) is 7.05 Å². The van der Waals surface area contributed by atoms with Gasteiger partial charge in [-0.3, -0.25) is 4.79 Å². The first-order chi connectivity index (χ1) is 8.29.